The van der Waals surface area contributed by atoms with Gasteiger partial charge in [-0.15, -0.1) is 0 Å². The molecule has 0 bridgehead atoms. The van der Waals surface area contributed by atoms with Crippen LogP contribution >= 0.6 is 58.0 Å². The number of amides is 1. The number of hydrogen-bond donors (Lipinski definition) is 5. The number of aromatic nitrogens is 8. The summed E-state index contributed by atoms with van der Waals surface area (Å²) in [6.07, 6.45) is 10.3. The summed E-state index contributed by atoms with van der Waals surface area (Å²) >= 11 is 29.2. The fourth-order valence-corrected chi connectivity index (χ4v) is 7.78. The lowest BCUT2D eigenvalue weighted by Gasteiger charge is -2.08. The molecule has 0 aliphatic heterocycles. The van der Waals surface area contributed by atoms with Gasteiger partial charge in [0.25, 0.3) is 5.91 Å². The van der Waals surface area contributed by atoms with Gasteiger partial charge in [0.05, 0.1) is 61.1 Å². The SMILES string of the molecule is C.C.Cc1ccc(Cl)c(-c2ncc(N)cn2)c1.Cc1ccc(Cl)c(-c2ncc(NC(=O)c3c(F)cccc3F)cn2)c1.Cc1ccc(Cl)c(-c2ncc([N+](=O)[O-])cn2)c1.Cc1ccc(Cl)c(B(O)O)c1.O=C(O)c1c(F)cccc1F.O=[N+]([O-])c1cnc(Cl)nc1. The van der Waals surface area contributed by atoms with Gasteiger partial charge in [0.15, 0.2) is 17.5 Å². The average Bonchev–Trinajstić information content (AvgIpc) is 1.26. The van der Waals surface area contributed by atoms with Crippen LogP contribution in [0.25, 0.3) is 34.2 Å². The molecule has 0 aliphatic rings. The Morgan fingerprint density at radius 1 is 0.495 bits per heavy atom. The second kappa shape index (κ2) is 36.1. The van der Waals surface area contributed by atoms with Crippen LogP contribution in [0.3, 0.4) is 0 Å². The van der Waals surface area contributed by atoms with Crippen molar-refractivity contribution in [2.75, 3.05) is 11.1 Å². The van der Waals surface area contributed by atoms with Crippen molar-refractivity contribution in [1.29, 1.82) is 0 Å². The maximum absolute atomic E-state index is 13.6. The van der Waals surface area contributed by atoms with Crippen molar-refractivity contribution in [1.82, 2.24) is 39.9 Å². The Morgan fingerprint density at radius 2 is 0.813 bits per heavy atom. The third-order valence-electron chi connectivity index (χ3n) is 11.1. The lowest BCUT2D eigenvalue weighted by molar-refractivity contribution is -0.385. The van der Waals surface area contributed by atoms with Crippen LogP contribution in [0.1, 0.15) is 57.8 Å². The number of nitrogen functional groups attached to an aromatic ring is 1. The summed E-state index contributed by atoms with van der Waals surface area (Å²) in [6.45, 7) is 7.70. The first-order valence-corrected chi connectivity index (χ1v) is 26.8. The van der Waals surface area contributed by atoms with E-state index in [1.807, 2.05) is 76.2 Å². The number of nitrogens with zero attached hydrogens (tertiary/aromatic N) is 10. The Kier molecular flexibility index (Phi) is 30.0. The first kappa shape index (κ1) is 75.6. The number of carboxylic acid groups (broad SMARTS) is 1. The van der Waals surface area contributed by atoms with Crippen molar-refractivity contribution in [3.8, 4) is 34.2 Å². The van der Waals surface area contributed by atoms with Gasteiger partial charge in [-0.2, -0.15) is 0 Å². The number of halogens is 9. The summed E-state index contributed by atoms with van der Waals surface area (Å²) < 4.78 is 52.2. The Balaban J connectivity index is 0.000000293. The topological polar surface area (TPSA) is 322 Å². The highest BCUT2D eigenvalue weighted by atomic mass is 35.5. The number of nitrogens with two attached hydrogens (primary N) is 1. The Hall–Kier alpha value is -9.67. The van der Waals surface area contributed by atoms with Crippen LogP contribution in [0.5, 0.6) is 0 Å². The van der Waals surface area contributed by atoms with E-state index >= 15 is 0 Å². The normalized spacial score (nSPS) is 9.88. The van der Waals surface area contributed by atoms with Gasteiger partial charge >= 0.3 is 24.5 Å². The molecule has 21 nitrogen and oxygen atoms in total. The molecule has 6 N–H and O–H groups in total. The van der Waals surface area contributed by atoms with Crippen LogP contribution in [0.4, 0.5) is 40.3 Å². The van der Waals surface area contributed by atoms with Crippen LogP contribution in [0, 0.1) is 71.2 Å². The van der Waals surface area contributed by atoms with Crippen LogP contribution in [0.2, 0.25) is 25.4 Å². The smallest absolute Gasteiger partial charge is 0.477 e. The molecule has 472 valence electrons. The maximum Gasteiger partial charge on any atom is 0.489 e. The minimum atomic E-state index is -1.60. The summed E-state index contributed by atoms with van der Waals surface area (Å²) in [5, 5.41) is 50.7. The van der Waals surface area contributed by atoms with Gasteiger partial charge in [0, 0.05) is 27.2 Å². The number of aromatic carboxylic acids is 1. The van der Waals surface area contributed by atoms with E-state index in [-0.39, 0.29) is 37.2 Å². The molecule has 4 aromatic heterocycles. The van der Waals surface area contributed by atoms with E-state index in [1.165, 1.54) is 30.9 Å². The highest BCUT2D eigenvalue weighted by Gasteiger charge is 2.19. The number of rotatable bonds is 9. The Morgan fingerprint density at radius 3 is 1.14 bits per heavy atom. The molecule has 31 heteroatoms. The van der Waals surface area contributed by atoms with Crippen molar-refractivity contribution in [3.05, 3.63) is 261 Å². The van der Waals surface area contributed by atoms with E-state index in [0.29, 0.717) is 59.8 Å². The molecule has 0 radical (unpaired) electrons. The minimum absolute atomic E-state index is 0. The molecule has 10 rings (SSSR count). The van der Waals surface area contributed by atoms with E-state index in [2.05, 4.69) is 45.2 Å². The quantitative estimate of drug-likeness (QED) is 0.0295. The third-order valence-corrected chi connectivity index (χ3v) is 12.7. The minimum Gasteiger partial charge on any atom is -0.477 e. The van der Waals surface area contributed by atoms with Crippen molar-refractivity contribution >= 4 is 105 Å². The van der Waals surface area contributed by atoms with Gasteiger partial charge in [0.2, 0.25) is 5.28 Å². The molecule has 10 aromatic rings. The Bertz CT molecular complexity index is 4090. The zero-order chi connectivity index (χ0) is 65.6. The van der Waals surface area contributed by atoms with Crippen LogP contribution in [-0.4, -0.2) is 83.9 Å². The van der Waals surface area contributed by atoms with Crippen LogP contribution in [-0.2, 0) is 0 Å². The molecular weight excluding hydrogens is 1300 g/mol. The van der Waals surface area contributed by atoms with Crippen molar-refractivity contribution in [3.63, 3.8) is 0 Å². The molecule has 91 heavy (non-hydrogen) atoms. The predicted molar refractivity (Wildman–Crippen MR) is 344 cm³/mol. The molecule has 0 saturated heterocycles. The molecule has 0 spiro atoms. The van der Waals surface area contributed by atoms with E-state index in [0.717, 1.165) is 70.5 Å². The molecule has 0 fully saturated rings. The molecule has 4 heterocycles. The largest absolute Gasteiger partial charge is 0.489 e. The van der Waals surface area contributed by atoms with E-state index in [1.54, 1.807) is 36.7 Å². The second-order valence-corrected chi connectivity index (χ2v) is 19.9. The number of anilines is 2. The number of aryl methyl sites for hydroxylation is 4. The predicted octanol–water partition coefficient (Wildman–Crippen LogP) is 14.6. The van der Waals surface area contributed by atoms with Crippen molar-refractivity contribution in [2.24, 2.45) is 0 Å². The summed E-state index contributed by atoms with van der Waals surface area (Å²) in [4.78, 5) is 72.8. The Labute approximate surface area is 543 Å². The fraction of sp³-hybridized carbons (Fsp3) is 0.100. The maximum atomic E-state index is 13.6. The molecule has 0 unspecified atom stereocenters. The van der Waals surface area contributed by atoms with Gasteiger partial charge in [-0.3, -0.25) is 25.0 Å². The summed E-state index contributed by atoms with van der Waals surface area (Å²) in [7, 11) is -1.48. The molecule has 6 aromatic carbocycles. The highest BCUT2D eigenvalue weighted by molar-refractivity contribution is 6.62. The van der Waals surface area contributed by atoms with Crippen LogP contribution in [0.15, 0.2) is 159 Å². The van der Waals surface area contributed by atoms with E-state index in [9.17, 15) is 47.4 Å². The third kappa shape index (κ3) is 23.0. The van der Waals surface area contributed by atoms with Gasteiger partial charge < -0.3 is 26.2 Å². The number of benzene rings is 6. The summed E-state index contributed by atoms with van der Waals surface area (Å²) in [5.74, 6) is -5.16. The summed E-state index contributed by atoms with van der Waals surface area (Å²) in [6, 6.07) is 27.9. The van der Waals surface area contributed by atoms with Crippen LogP contribution < -0.4 is 16.5 Å². The number of carbonyl (C=O) groups is 2. The van der Waals surface area contributed by atoms with Crippen molar-refractivity contribution in [2.45, 2.75) is 42.5 Å². The van der Waals surface area contributed by atoms with Crippen molar-refractivity contribution < 1.29 is 52.2 Å². The lowest BCUT2D eigenvalue weighted by Crippen LogP contribution is -2.30. The standard InChI is InChI=1S/C18H12ClF2N3O.C11H8ClN3O2.C11H10ClN3.C7H8BClO2.C7H4F2O2.C4H2ClN3O2.2CH4/c1-10-5-6-13(19)12(7-10)17-22-8-11(9-23-17)24-18(25)16-14(20)3-2-4-15(16)21;1-7-2-3-10(12)9(4-7)11-13-5-8(6-14-11)15(16)17;1-7-2-3-10(12)9(4-7)11-14-5-8(13)6-15-11;1-5-2-3-7(9)6(4-5)8(10)11;8-4-2-1-3-5(9)6(4)7(10)11;5-4-6-1-3(2-7-4)8(9)10;;/h2-9H,1H3,(H,24,25);2-6H,1H3;2-6H,13H2,1H3;2-4,10-11H,1H3;1-3H,(H,10,11);1-2H;2*1H4. The van der Waals surface area contributed by atoms with E-state index in [4.69, 9.17) is 78.9 Å². The fourth-order valence-electron chi connectivity index (χ4n) is 6.87. The molecular formula is C60H52BCl5F4N12O9. The zero-order valence-corrected chi connectivity index (χ0v) is 50.1. The molecule has 0 aliphatic carbocycles. The highest BCUT2D eigenvalue weighted by Crippen LogP contribution is 2.29. The number of carboxylic acids is 1. The zero-order valence-electron chi connectivity index (χ0n) is 46.3. The number of nitro groups is 2. The molecule has 0 saturated carbocycles. The van der Waals surface area contributed by atoms with E-state index < -0.39 is 63.2 Å². The second-order valence-electron chi connectivity index (χ2n) is 17.9. The average molecular weight is 1350 g/mol. The summed E-state index contributed by atoms with van der Waals surface area (Å²) in [5.41, 5.74) is 11.0. The monoisotopic (exact) mass is 1350 g/mol. The van der Waals surface area contributed by atoms with Gasteiger partial charge in [-0.25, -0.2) is 62.2 Å². The van der Waals surface area contributed by atoms with Gasteiger partial charge in [0.1, 0.15) is 59.2 Å². The first-order chi connectivity index (χ1) is 42.1. The van der Waals surface area contributed by atoms with Gasteiger partial charge in [-0.1, -0.05) is 126 Å². The lowest BCUT2D eigenvalue weighted by atomic mass is 9.79. The van der Waals surface area contributed by atoms with Gasteiger partial charge in [-0.05, 0) is 106 Å². The molecule has 0 atom stereocenters. The number of carbonyl (C=O) groups excluding carboxylic acids is 1. The number of nitrogens with one attached hydrogen (secondary N) is 1. The first-order valence-electron chi connectivity index (χ1n) is 25.0. The number of hydrogen-bond acceptors (Lipinski definition) is 17. The molecule has 1 amide bonds.